The van der Waals surface area contributed by atoms with E-state index in [0.29, 0.717) is 13.3 Å². The van der Waals surface area contributed by atoms with Gasteiger partial charge in [0, 0.05) is 12.3 Å². The number of esters is 2. The third-order valence-corrected chi connectivity index (χ3v) is 4.58. The highest BCUT2D eigenvalue weighted by molar-refractivity contribution is 5.81. The quantitative estimate of drug-likeness (QED) is 0.505. The monoisotopic (exact) mass is 408 g/mol. The maximum Gasteiger partial charge on any atom is 0.428 e. The zero-order valence-electron chi connectivity index (χ0n) is 15.5. The van der Waals surface area contributed by atoms with Crippen LogP contribution in [0.3, 0.4) is 0 Å². The van der Waals surface area contributed by atoms with Gasteiger partial charge in [-0.2, -0.15) is 26.3 Å². The SMILES string of the molecule is CCC(C)(C)C(=O)OC1OC(C(=O)OC(C)C(F)(F)F)(C(F)(F)F)CC1C. The van der Waals surface area contributed by atoms with Crippen LogP contribution in [0.2, 0.25) is 0 Å². The van der Waals surface area contributed by atoms with Crippen molar-refractivity contribution in [2.24, 2.45) is 11.3 Å². The molecule has 1 rings (SSSR count). The first-order valence-electron chi connectivity index (χ1n) is 8.21. The molecular weight excluding hydrogens is 386 g/mol. The van der Waals surface area contributed by atoms with E-state index in [4.69, 9.17) is 9.47 Å². The van der Waals surface area contributed by atoms with Crippen LogP contribution in [0.5, 0.6) is 0 Å². The Balaban J connectivity index is 3.09. The molecule has 1 heterocycles. The van der Waals surface area contributed by atoms with Crippen LogP contribution in [-0.2, 0) is 23.8 Å². The average Bonchev–Trinajstić information content (AvgIpc) is 2.84. The molecule has 11 heteroatoms. The Kier molecular flexibility index (Phi) is 6.51. The molecular formula is C16H22F6O5. The number of carbonyl (C=O) groups excluding carboxylic acids is 2. The van der Waals surface area contributed by atoms with Gasteiger partial charge in [-0.1, -0.05) is 13.8 Å². The molecule has 0 saturated carbocycles. The van der Waals surface area contributed by atoms with Crippen LogP contribution in [0.4, 0.5) is 26.3 Å². The highest BCUT2D eigenvalue weighted by Gasteiger charge is 2.69. The molecule has 1 fully saturated rings. The van der Waals surface area contributed by atoms with Crippen molar-refractivity contribution in [2.75, 3.05) is 0 Å². The zero-order valence-corrected chi connectivity index (χ0v) is 15.5. The van der Waals surface area contributed by atoms with Crippen LogP contribution in [0.1, 0.15) is 47.5 Å². The normalized spacial score (nSPS) is 28.0. The standard InChI is InChI=1S/C16H22F6O5/c1-6-13(4,5)11(23)26-10-8(2)7-14(27-10,16(20,21)22)12(24)25-9(3)15(17,18)19/h8-10H,6-7H2,1-5H3. The molecule has 4 unspecified atom stereocenters. The van der Waals surface area contributed by atoms with Gasteiger partial charge in [-0.15, -0.1) is 0 Å². The maximum absolute atomic E-state index is 13.5. The second-order valence-electron chi connectivity index (χ2n) is 7.22. The maximum atomic E-state index is 13.5. The molecule has 0 radical (unpaired) electrons. The van der Waals surface area contributed by atoms with E-state index in [1.807, 2.05) is 0 Å². The third kappa shape index (κ3) is 4.85. The summed E-state index contributed by atoms with van der Waals surface area (Å²) in [5.74, 6) is -4.17. The van der Waals surface area contributed by atoms with Crippen LogP contribution in [-0.4, -0.2) is 42.3 Å². The van der Waals surface area contributed by atoms with Gasteiger partial charge in [-0.3, -0.25) is 4.79 Å². The summed E-state index contributed by atoms with van der Waals surface area (Å²) in [7, 11) is 0. The summed E-state index contributed by atoms with van der Waals surface area (Å²) < 4.78 is 91.9. The second-order valence-corrected chi connectivity index (χ2v) is 7.22. The van der Waals surface area contributed by atoms with Crippen molar-refractivity contribution in [3.63, 3.8) is 0 Å². The molecule has 0 bridgehead atoms. The lowest BCUT2D eigenvalue weighted by Gasteiger charge is -2.31. The van der Waals surface area contributed by atoms with E-state index in [1.54, 1.807) is 6.92 Å². The summed E-state index contributed by atoms with van der Waals surface area (Å²) in [6, 6.07) is 0. The minimum atomic E-state index is -5.37. The molecule has 0 aromatic carbocycles. The summed E-state index contributed by atoms with van der Waals surface area (Å²) in [5, 5.41) is 0. The van der Waals surface area contributed by atoms with Gasteiger partial charge < -0.3 is 14.2 Å². The molecule has 1 saturated heterocycles. The van der Waals surface area contributed by atoms with Gasteiger partial charge in [0.25, 0.3) is 5.60 Å². The molecule has 0 amide bonds. The van der Waals surface area contributed by atoms with E-state index < -0.39 is 60.0 Å². The average molecular weight is 408 g/mol. The van der Waals surface area contributed by atoms with Gasteiger partial charge in [0.15, 0.2) is 6.10 Å². The first-order chi connectivity index (χ1) is 12.0. The largest absolute Gasteiger partial charge is 0.451 e. The van der Waals surface area contributed by atoms with Crippen LogP contribution < -0.4 is 0 Å². The molecule has 158 valence electrons. The lowest BCUT2D eigenvalue weighted by Crippen LogP contribution is -2.54. The van der Waals surface area contributed by atoms with Gasteiger partial charge in [-0.05, 0) is 27.2 Å². The molecule has 0 aromatic rings. The Morgan fingerprint density at radius 3 is 2.11 bits per heavy atom. The molecule has 4 atom stereocenters. The molecule has 1 aliphatic heterocycles. The number of rotatable bonds is 5. The fourth-order valence-electron chi connectivity index (χ4n) is 2.21. The van der Waals surface area contributed by atoms with E-state index in [2.05, 4.69) is 4.74 Å². The fraction of sp³-hybridized carbons (Fsp3) is 0.875. The number of hydrogen-bond donors (Lipinski definition) is 0. The fourth-order valence-corrected chi connectivity index (χ4v) is 2.21. The number of ether oxygens (including phenoxy) is 3. The first kappa shape index (κ1) is 23.5. The molecule has 0 N–H and O–H groups in total. The zero-order chi connectivity index (χ0) is 21.4. The van der Waals surface area contributed by atoms with Crippen molar-refractivity contribution in [2.45, 2.75) is 77.8 Å². The van der Waals surface area contributed by atoms with E-state index >= 15 is 0 Å². The van der Waals surface area contributed by atoms with E-state index in [-0.39, 0.29) is 0 Å². The summed E-state index contributed by atoms with van der Waals surface area (Å²) in [6.45, 7) is 6.30. The van der Waals surface area contributed by atoms with Crippen molar-refractivity contribution in [3.05, 3.63) is 0 Å². The number of alkyl halides is 6. The molecule has 1 aliphatic rings. The highest BCUT2D eigenvalue weighted by atomic mass is 19.4. The Bertz CT molecular complexity index is 571. The number of hydrogen-bond acceptors (Lipinski definition) is 5. The molecule has 5 nitrogen and oxygen atoms in total. The van der Waals surface area contributed by atoms with Crippen LogP contribution >= 0.6 is 0 Å². The number of halogens is 6. The van der Waals surface area contributed by atoms with E-state index in [1.165, 1.54) is 20.8 Å². The van der Waals surface area contributed by atoms with Crippen molar-refractivity contribution < 1.29 is 50.1 Å². The van der Waals surface area contributed by atoms with Gasteiger partial charge >= 0.3 is 24.3 Å². The highest BCUT2D eigenvalue weighted by Crippen LogP contribution is 2.48. The van der Waals surface area contributed by atoms with Crippen molar-refractivity contribution >= 4 is 11.9 Å². The topological polar surface area (TPSA) is 61.8 Å². The summed E-state index contributed by atoms with van der Waals surface area (Å²) in [4.78, 5) is 24.1. The van der Waals surface area contributed by atoms with Gasteiger partial charge in [0.1, 0.15) is 0 Å². The van der Waals surface area contributed by atoms with Crippen molar-refractivity contribution in [1.29, 1.82) is 0 Å². The minimum Gasteiger partial charge on any atom is -0.451 e. The van der Waals surface area contributed by atoms with Gasteiger partial charge in [-0.25, -0.2) is 4.79 Å². The van der Waals surface area contributed by atoms with Crippen molar-refractivity contribution in [1.82, 2.24) is 0 Å². The van der Waals surface area contributed by atoms with Crippen LogP contribution in [0, 0.1) is 11.3 Å². The Labute approximate surface area is 152 Å². The minimum absolute atomic E-state index is 0.322. The molecule has 0 aliphatic carbocycles. The predicted octanol–water partition coefficient (Wildman–Crippen LogP) is 4.14. The summed E-state index contributed by atoms with van der Waals surface area (Å²) in [6.07, 6.45) is -15.6. The first-order valence-corrected chi connectivity index (χ1v) is 8.21. The molecule has 27 heavy (non-hydrogen) atoms. The summed E-state index contributed by atoms with van der Waals surface area (Å²) in [5.41, 5.74) is -4.66. The predicted molar refractivity (Wildman–Crippen MR) is 79.2 cm³/mol. The lowest BCUT2D eigenvalue weighted by molar-refractivity contribution is -0.299. The van der Waals surface area contributed by atoms with Crippen LogP contribution in [0.15, 0.2) is 0 Å². The Morgan fingerprint density at radius 2 is 1.70 bits per heavy atom. The smallest absolute Gasteiger partial charge is 0.428 e. The van der Waals surface area contributed by atoms with Gasteiger partial charge in [0.05, 0.1) is 5.41 Å². The van der Waals surface area contributed by atoms with Crippen molar-refractivity contribution in [3.8, 4) is 0 Å². The van der Waals surface area contributed by atoms with E-state index in [0.717, 1.165) is 0 Å². The van der Waals surface area contributed by atoms with Crippen LogP contribution in [0.25, 0.3) is 0 Å². The molecule has 0 aromatic heterocycles. The summed E-state index contributed by atoms with van der Waals surface area (Å²) >= 11 is 0. The third-order valence-electron chi connectivity index (χ3n) is 4.58. The molecule has 0 spiro atoms. The Morgan fingerprint density at radius 1 is 1.19 bits per heavy atom. The van der Waals surface area contributed by atoms with E-state index in [9.17, 15) is 35.9 Å². The number of carbonyl (C=O) groups is 2. The lowest BCUT2D eigenvalue weighted by atomic mass is 9.90. The van der Waals surface area contributed by atoms with Gasteiger partial charge in [0.2, 0.25) is 6.29 Å². The Hall–Kier alpha value is -1.52. The second kappa shape index (κ2) is 7.48.